The number of hydrogen-bond donors (Lipinski definition) is 0. The van der Waals surface area contributed by atoms with Gasteiger partial charge < -0.3 is 0 Å². The monoisotopic (exact) mass is 302 g/mol. The first-order valence-corrected chi connectivity index (χ1v) is 5.56. The second kappa shape index (κ2) is 4.73. The Kier molecular flexibility index (Phi) is 4.09. The fourth-order valence-electron chi connectivity index (χ4n) is 2.37. The van der Waals surface area contributed by atoms with Crippen LogP contribution in [0.4, 0.5) is 39.5 Å². The zero-order chi connectivity index (χ0) is 15.1. The molecule has 0 nitrogen and oxygen atoms in total. The van der Waals surface area contributed by atoms with Gasteiger partial charge in [0.1, 0.15) is 0 Å². The van der Waals surface area contributed by atoms with E-state index in [0.29, 0.717) is 6.42 Å². The summed E-state index contributed by atoms with van der Waals surface area (Å²) in [6.07, 6.45) is -13.8. The SMILES string of the molecule is FC(F)(F)C(F)(F)C(F)(C1CCCCC1)C(F)(F)F. The van der Waals surface area contributed by atoms with Crippen LogP contribution in [-0.2, 0) is 0 Å². The van der Waals surface area contributed by atoms with E-state index in [1.54, 1.807) is 0 Å². The second-order valence-corrected chi connectivity index (χ2v) is 4.62. The van der Waals surface area contributed by atoms with Gasteiger partial charge in [-0.2, -0.15) is 35.1 Å². The molecule has 0 amide bonds. The summed E-state index contributed by atoms with van der Waals surface area (Å²) >= 11 is 0. The lowest BCUT2D eigenvalue weighted by Gasteiger charge is -2.42. The molecule has 19 heavy (non-hydrogen) atoms. The van der Waals surface area contributed by atoms with Gasteiger partial charge in [-0.15, -0.1) is 0 Å². The lowest BCUT2D eigenvalue weighted by atomic mass is 9.74. The van der Waals surface area contributed by atoms with Crippen LogP contribution in [0.3, 0.4) is 0 Å². The van der Waals surface area contributed by atoms with Crippen LogP contribution < -0.4 is 0 Å². The molecule has 1 aliphatic carbocycles. The van der Waals surface area contributed by atoms with Crippen molar-refractivity contribution in [1.29, 1.82) is 0 Å². The normalized spacial score (nSPS) is 23.2. The molecule has 0 N–H and O–H groups in total. The first kappa shape index (κ1) is 16.4. The molecule has 1 aliphatic rings. The van der Waals surface area contributed by atoms with E-state index in [0.717, 1.165) is 0 Å². The van der Waals surface area contributed by atoms with Gasteiger partial charge in [0, 0.05) is 5.92 Å². The first-order chi connectivity index (χ1) is 8.36. The van der Waals surface area contributed by atoms with Crippen molar-refractivity contribution in [2.75, 3.05) is 0 Å². The maximum Gasteiger partial charge on any atom is 0.457 e. The molecule has 0 aromatic rings. The van der Waals surface area contributed by atoms with Crippen molar-refractivity contribution in [2.45, 2.75) is 56.0 Å². The van der Waals surface area contributed by atoms with Crippen LogP contribution >= 0.6 is 0 Å². The fourth-order valence-corrected chi connectivity index (χ4v) is 2.37. The third kappa shape index (κ3) is 2.52. The Morgan fingerprint density at radius 1 is 0.579 bits per heavy atom. The maximum atomic E-state index is 13.9. The molecule has 114 valence electrons. The molecule has 1 saturated carbocycles. The number of hydrogen-bond acceptors (Lipinski definition) is 0. The van der Waals surface area contributed by atoms with Crippen LogP contribution in [0.5, 0.6) is 0 Å². The molecule has 9 heteroatoms. The third-order valence-electron chi connectivity index (χ3n) is 3.39. The maximum absolute atomic E-state index is 13.9. The highest BCUT2D eigenvalue weighted by Crippen LogP contribution is 2.58. The van der Waals surface area contributed by atoms with Crippen molar-refractivity contribution in [3.8, 4) is 0 Å². The first-order valence-electron chi connectivity index (χ1n) is 5.56. The van der Waals surface area contributed by atoms with Gasteiger partial charge in [0.2, 0.25) is 0 Å². The number of halogens is 9. The Labute approximate surface area is 103 Å². The summed E-state index contributed by atoms with van der Waals surface area (Å²) < 4.78 is 114. The summed E-state index contributed by atoms with van der Waals surface area (Å²) in [4.78, 5) is 0. The fraction of sp³-hybridized carbons (Fsp3) is 1.00. The van der Waals surface area contributed by atoms with E-state index in [-0.39, 0.29) is 12.8 Å². The Bertz CT molecular complexity index is 310. The van der Waals surface area contributed by atoms with Crippen LogP contribution in [0, 0.1) is 5.92 Å². The van der Waals surface area contributed by atoms with E-state index < -0.39 is 42.7 Å². The summed E-state index contributed by atoms with van der Waals surface area (Å²) in [7, 11) is 0. The van der Waals surface area contributed by atoms with Crippen LogP contribution in [0.1, 0.15) is 32.1 Å². The molecule has 0 bridgehead atoms. The molecular formula is C10H11F9. The Morgan fingerprint density at radius 3 is 1.32 bits per heavy atom. The molecule has 1 unspecified atom stereocenters. The quantitative estimate of drug-likeness (QED) is 0.627. The minimum Gasteiger partial charge on any atom is -0.226 e. The smallest absolute Gasteiger partial charge is 0.226 e. The minimum absolute atomic E-state index is 0.000351. The molecule has 1 fully saturated rings. The summed E-state index contributed by atoms with van der Waals surface area (Å²) in [6, 6.07) is 0. The predicted octanol–water partition coefficient (Wildman–Crippen LogP) is 5.03. The molecular weight excluding hydrogens is 291 g/mol. The van der Waals surface area contributed by atoms with Crippen molar-refractivity contribution in [1.82, 2.24) is 0 Å². The van der Waals surface area contributed by atoms with E-state index >= 15 is 0 Å². The van der Waals surface area contributed by atoms with Crippen LogP contribution in [0.2, 0.25) is 0 Å². The Morgan fingerprint density at radius 2 is 1.00 bits per heavy atom. The Hall–Kier alpha value is -0.630. The van der Waals surface area contributed by atoms with Gasteiger partial charge in [0.25, 0.3) is 5.67 Å². The van der Waals surface area contributed by atoms with Gasteiger partial charge in [0.05, 0.1) is 0 Å². The van der Waals surface area contributed by atoms with Crippen molar-refractivity contribution < 1.29 is 39.5 Å². The molecule has 0 radical (unpaired) electrons. The van der Waals surface area contributed by atoms with Crippen molar-refractivity contribution in [3.63, 3.8) is 0 Å². The lowest BCUT2D eigenvalue weighted by molar-refractivity contribution is -0.396. The molecule has 1 atom stereocenters. The zero-order valence-electron chi connectivity index (χ0n) is 9.51. The van der Waals surface area contributed by atoms with Gasteiger partial charge in [-0.3, -0.25) is 0 Å². The van der Waals surface area contributed by atoms with Crippen molar-refractivity contribution in [2.24, 2.45) is 5.92 Å². The molecule has 0 aromatic carbocycles. The highest BCUT2D eigenvalue weighted by atomic mass is 19.4. The average molecular weight is 302 g/mol. The lowest BCUT2D eigenvalue weighted by Crippen LogP contribution is -2.65. The minimum atomic E-state index is -6.59. The largest absolute Gasteiger partial charge is 0.457 e. The molecule has 0 spiro atoms. The van der Waals surface area contributed by atoms with Gasteiger partial charge >= 0.3 is 18.3 Å². The van der Waals surface area contributed by atoms with Crippen molar-refractivity contribution >= 4 is 0 Å². The van der Waals surface area contributed by atoms with Crippen LogP contribution in [-0.4, -0.2) is 23.9 Å². The van der Waals surface area contributed by atoms with Gasteiger partial charge in [0.15, 0.2) is 0 Å². The summed E-state index contributed by atoms with van der Waals surface area (Å²) in [5.41, 5.74) is -5.57. The summed E-state index contributed by atoms with van der Waals surface area (Å²) in [5, 5.41) is 0. The molecule has 0 saturated heterocycles. The molecule has 0 aromatic heterocycles. The summed E-state index contributed by atoms with van der Waals surface area (Å²) in [6.45, 7) is 0. The third-order valence-corrected chi connectivity index (χ3v) is 3.39. The van der Waals surface area contributed by atoms with E-state index in [1.807, 2.05) is 0 Å². The average Bonchev–Trinajstić information content (AvgIpc) is 2.25. The topological polar surface area (TPSA) is 0 Å². The number of alkyl halides is 9. The highest BCUT2D eigenvalue weighted by molar-refractivity contribution is 5.07. The molecule has 1 rings (SSSR count). The van der Waals surface area contributed by atoms with E-state index in [2.05, 4.69) is 0 Å². The van der Waals surface area contributed by atoms with Gasteiger partial charge in [-0.1, -0.05) is 19.3 Å². The highest BCUT2D eigenvalue weighted by Gasteiger charge is 2.82. The second-order valence-electron chi connectivity index (χ2n) is 4.62. The van der Waals surface area contributed by atoms with E-state index in [1.165, 1.54) is 0 Å². The van der Waals surface area contributed by atoms with E-state index in [4.69, 9.17) is 0 Å². The van der Waals surface area contributed by atoms with Crippen molar-refractivity contribution in [3.05, 3.63) is 0 Å². The van der Waals surface area contributed by atoms with Gasteiger partial charge in [-0.25, -0.2) is 4.39 Å². The summed E-state index contributed by atoms with van der Waals surface area (Å²) in [5.74, 6) is -8.84. The molecule has 0 aliphatic heterocycles. The standard InChI is InChI=1S/C10H11F9/c11-7(9(14,15)16,6-4-2-1-3-5-6)8(12,13)10(17,18)19/h6H,1-5H2. The van der Waals surface area contributed by atoms with Crippen LogP contribution in [0.25, 0.3) is 0 Å². The number of rotatable bonds is 2. The predicted molar refractivity (Wildman–Crippen MR) is 47.5 cm³/mol. The van der Waals surface area contributed by atoms with Gasteiger partial charge in [-0.05, 0) is 12.8 Å². The van der Waals surface area contributed by atoms with Crippen LogP contribution in [0.15, 0.2) is 0 Å². The molecule has 0 heterocycles. The Balaban J connectivity index is 3.28. The van der Waals surface area contributed by atoms with E-state index in [9.17, 15) is 39.5 Å². The zero-order valence-corrected chi connectivity index (χ0v) is 9.51.